The van der Waals surface area contributed by atoms with E-state index in [0.29, 0.717) is 12.8 Å². The number of rotatable bonds is 2. The van der Waals surface area contributed by atoms with Crippen molar-refractivity contribution in [2.24, 2.45) is 0 Å². The molecule has 7 heteroatoms. The smallest absolute Gasteiger partial charge is 0.276 e. The number of nitrogens with one attached hydrogen (secondary N) is 1. The van der Waals surface area contributed by atoms with Crippen molar-refractivity contribution in [3.63, 3.8) is 0 Å². The fourth-order valence-electron chi connectivity index (χ4n) is 0.902. The molecule has 0 saturated heterocycles. The van der Waals surface area contributed by atoms with E-state index in [-0.39, 0.29) is 5.70 Å². The van der Waals surface area contributed by atoms with Crippen LogP contribution in [0.4, 0.5) is 13.2 Å². The Balaban J connectivity index is 2.79. The molecular weight excluding hydrogens is 219 g/mol. The second-order valence-electron chi connectivity index (χ2n) is 2.69. The maximum Gasteiger partial charge on any atom is 0.516 e. The van der Waals surface area contributed by atoms with Gasteiger partial charge in [-0.25, -0.2) is 0 Å². The molecule has 14 heavy (non-hydrogen) atoms. The maximum absolute atomic E-state index is 11.9. The van der Waals surface area contributed by atoms with Crippen LogP contribution in [0.1, 0.15) is 12.8 Å². The highest BCUT2D eigenvalue weighted by atomic mass is 32.2. The lowest BCUT2D eigenvalue weighted by Crippen LogP contribution is -2.35. The summed E-state index contributed by atoms with van der Waals surface area (Å²) in [6, 6.07) is 0. The predicted octanol–water partition coefficient (Wildman–Crippen LogP) is 1.66. The quantitative estimate of drug-likeness (QED) is 0.779. The Morgan fingerprint density at radius 1 is 1.29 bits per heavy atom. The fraction of sp³-hybridized carbons (Fsp3) is 0.429. The molecule has 0 spiro atoms. The lowest BCUT2D eigenvalue weighted by Gasteiger charge is -2.12. The van der Waals surface area contributed by atoms with Crippen molar-refractivity contribution in [2.45, 2.75) is 18.3 Å². The first-order chi connectivity index (χ1) is 6.33. The predicted molar refractivity (Wildman–Crippen MR) is 44.6 cm³/mol. The number of alkyl halides is 3. The third-order valence-electron chi connectivity index (χ3n) is 1.55. The minimum Gasteiger partial charge on any atom is -0.276 e. The minimum absolute atomic E-state index is 0.0337. The zero-order chi connectivity index (χ0) is 10.8. The highest BCUT2D eigenvalue weighted by Gasteiger charge is 2.46. The van der Waals surface area contributed by atoms with E-state index in [9.17, 15) is 21.6 Å². The SMILES string of the molecule is O=S(=O)(NC1=CCCC=C1)C(F)(F)F. The fourth-order valence-corrected chi connectivity index (χ4v) is 1.48. The zero-order valence-electron chi connectivity index (χ0n) is 7.00. The van der Waals surface area contributed by atoms with Crippen LogP contribution in [-0.2, 0) is 10.0 Å². The molecule has 0 atom stereocenters. The van der Waals surface area contributed by atoms with Crippen LogP contribution in [0.2, 0.25) is 0 Å². The van der Waals surface area contributed by atoms with E-state index in [1.807, 2.05) is 0 Å². The summed E-state index contributed by atoms with van der Waals surface area (Å²) in [5, 5.41) is 0. The number of halogens is 3. The van der Waals surface area contributed by atoms with Crippen LogP contribution in [0.5, 0.6) is 0 Å². The summed E-state index contributed by atoms with van der Waals surface area (Å²) in [4.78, 5) is 0. The zero-order valence-corrected chi connectivity index (χ0v) is 7.82. The maximum atomic E-state index is 11.9. The van der Waals surface area contributed by atoms with E-state index in [1.54, 1.807) is 6.08 Å². The van der Waals surface area contributed by atoms with Gasteiger partial charge in [-0.2, -0.15) is 21.6 Å². The van der Waals surface area contributed by atoms with Crippen LogP contribution < -0.4 is 4.72 Å². The Morgan fingerprint density at radius 2 is 1.93 bits per heavy atom. The summed E-state index contributed by atoms with van der Waals surface area (Å²) in [7, 11) is -5.27. The van der Waals surface area contributed by atoms with Crippen molar-refractivity contribution in [1.29, 1.82) is 0 Å². The highest BCUT2D eigenvalue weighted by molar-refractivity contribution is 7.90. The molecule has 0 amide bonds. The van der Waals surface area contributed by atoms with Crippen LogP contribution in [0.3, 0.4) is 0 Å². The molecule has 0 aromatic heterocycles. The number of hydrogen-bond acceptors (Lipinski definition) is 2. The lowest BCUT2D eigenvalue weighted by molar-refractivity contribution is -0.0444. The van der Waals surface area contributed by atoms with Crippen LogP contribution in [0, 0.1) is 0 Å². The summed E-state index contributed by atoms with van der Waals surface area (Å²) in [5.74, 6) is 0. The molecule has 0 radical (unpaired) electrons. The lowest BCUT2D eigenvalue weighted by atomic mass is 10.2. The average molecular weight is 227 g/mol. The third-order valence-corrected chi connectivity index (χ3v) is 2.67. The van der Waals surface area contributed by atoms with Crippen LogP contribution in [-0.4, -0.2) is 13.9 Å². The molecule has 1 aliphatic rings. The molecule has 0 saturated carbocycles. The molecule has 0 aromatic carbocycles. The van der Waals surface area contributed by atoms with Gasteiger partial charge in [0.25, 0.3) is 0 Å². The van der Waals surface area contributed by atoms with E-state index >= 15 is 0 Å². The molecular formula is C7H8F3NO2S. The molecule has 0 aliphatic heterocycles. The summed E-state index contributed by atoms with van der Waals surface area (Å²) in [5.41, 5.74) is -5.30. The normalized spacial score (nSPS) is 17.8. The first-order valence-corrected chi connectivity index (χ1v) is 5.27. The van der Waals surface area contributed by atoms with Crippen LogP contribution in [0.15, 0.2) is 23.9 Å². The summed E-state index contributed by atoms with van der Waals surface area (Å²) < 4.78 is 58.3. The largest absolute Gasteiger partial charge is 0.516 e. The Morgan fingerprint density at radius 3 is 2.36 bits per heavy atom. The highest BCUT2D eigenvalue weighted by Crippen LogP contribution is 2.23. The van der Waals surface area contributed by atoms with E-state index in [1.165, 1.54) is 16.9 Å². The van der Waals surface area contributed by atoms with Crippen molar-refractivity contribution in [1.82, 2.24) is 4.72 Å². The molecule has 0 unspecified atom stereocenters. The molecule has 1 aliphatic carbocycles. The van der Waals surface area contributed by atoms with Crippen LogP contribution in [0.25, 0.3) is 0 Å². The van der Waals surface area contributed by atoms with Gasteiger partial charge in [-0.1, -0.05) is 12.2 Å². The van der Waals surface area contributed by atoms with Gasteiger partial charge in [0.1, 0.15) is 0 Å². The summed E-state index contributed by atoms with van der Waals surface area (Å²) >= 11 is 0. The van der Waals surface area contributed by atoms with Crippen molar-refractivity contribution in [3.05, 3.63) is 23.9 Å². The van der Waals surface area contributed by atoms with E-state index < -0.39 is 15.5 Å². The Bertz CT molecular complexity index is 367. The van der Waals surface area contributed by atoms with Gasteiger partial charge in [-0.15, -0.1) is 0 Å². The first-order valence-electron chi connectivity index (χ1n) is 3.79. The van der Waals surface area contributed by atoms with Crippen molar-refractivity contribution in [2.75, 3.05) is 0 Å². The molecule has 0 fully saturated rings. The van der Waals surface area contributed by atoms with Gasteiger partial charge in [0.15, 0.2) is 0 Å². The van der Waals surface area contributed by atoms with Gasteiger partial charge in [0.05, 0.1) is 0 Å². The van der Waals surface area contributed by atoms with Crippen molar-refractivity contribution < 1.29 is 21.6 Å². The van der Waals surface area contributed by atoms with Gasteiger partial charge in [-0.3, -0.25) is 4.72 Å². The topological polar surface area (TPSA) is 46.2 Å². The van der Waals surface area contributed by atoms with Crippen molar-refractivity contribution in [3.8, 4) is 0 Å². The third kappa shape index (κ3) is 2.50. The Hall–Kier alpha value is -0.980. The number of allylic oxidation sites excluding steroid dienone is 3. The Kier molecular flexibility index (Phi) is 2.89. The van der Waals surface area contributed by atoms with E-state index in [2.05, 4.69) is 0 Å². The van der Waals surface area contributed by atoms with Gasteiger partial charge >= 0.3 is 15.5 Å². The van der Waals surface area contributed by atoms with Crippen LogP contribution >= 0.6 is 0 Å². The molecule has 0 bridgehead atoms. The molecule has 80 valence electrons. The second-order valence-corrected chi connectivity index (χ2v) is 4.36. The molecule has 0 aromatic rings. The van der Waals surface area contributed by atoms with Crippen molar-refractivity contribution >= 4 is 10.0 Å². The molecule has 0 heterocycles. The number of sulfonamides is 1. The molecule has 3 nitrogen and oxygen atoms in total. The van der Waals surface area contributed by atoms with Gasteiger partial charge in [0.2, 0.25) is 0 Å². The van der Waals surface area contributed by atoms with E-state index in [0.717, 1.165) is 0 Å². The summed E-state index contributed by atoms with van der Waals surface area (Å²) in [6.07, 6.45) is 5.56. The van der Waals surface area contributed by atoms with Gasteiger partial charge in [-0.05, 0) is 18.9 Å². The first kappa shape index (κ1) is 11.1. The summed E-state index contributed by atoms with van der Waals surface area (Å²) in [6.45, 7) is 0. The average Bonchev–Trinajstić information content (AvgIpc) is 2.03. The Labute approximate surface area is 79.4 Å². The molecule has 1 rings (SSSR count). The monoisotopic (exact) mass is 227 g/mol. The molecule has 1 N–H and O–H groups in total. The van der Waals surface area contributed by atoms with Gasteiger partial charge < -0.3 is 0 Å². The van der Waals surface area contributed by atoms with E-state index in [4.69, 9.17) is 0 Å². The minimum atomic E-state index is -5.27. The number of hydrogen-bond donors (Lipinski definition) is 1. The standard InChI is InChI=1S/C7H8F3NO2S/c8-7(9,10)14(12,13)11-6-4-2-1-3-5-6/h2,4-5,11H,1,3H2. The second kappa shape index (κ2) is 3.64. The van der Waals surface area contributed by atoms with Gasteiger partial charge in [0, 0.05) is 5.70 Å².